The molecule has 2 heteroatoms. The molecular formula is C18H31NO. The predicted octanol–water partition coefficient (Wildman–Crippen LogP) is 5.72. The van der Waals surface area contributed by atoms with Crippen molar-refractivity contribution >= 4 is 0 Å². The largest absolute Gasteiger partial charge is 0.497 e. The number of methoxy groups -OCH3 is 1. The lowest BCUT2D eigenvalue weighted by atomic mass is 9.91. The maximum Gasteiger partial charge on any atom is 0.122 e. The van der Waals surface area contributed by atoms with E-state index in [0.717, 1.165) is 5.75 Å². The second-order valence-corrected chi connectivity index (χ2v) is 5.66. The fraction of sp³-hybridized carbons (Fsp3) is 0.722. The Morgan fingerprint density at radius 3 is 2.40 bits per heavy atom. The average molecular weight is 277 g/mol. The number of ether oxygens (including phenoxy) is 1. The summed E-state index contributed by atoms with van der Waals surface area (Å²) in [5, 5.41) is 0. The Hall–Kier alpha value is -1.05. The molecule has 1 rings (SSSR count). The summed E-state index contributed by atoms with van der Waals surface area (Å²) in [5.74, 6) is 1.54. The summed E-state index contributed by atoms with van der Waals surface area (Å²) in [6.07, 6.45) is 13.7. The maximum atomic E-state index is 5.33. The number of rotatable bonds is 11. The van der Waals surface area contributed by atoms with Crippen molar-refractivity contribution in [3.63, 3.8) is 0 Å². The van der Waals surface area contributed by atoms with Crippen LogP contribution in [0.3, 0.4) is 0 Å². The van der Waals surface area contributed by atoms with Crippen LogP contribution >= 0.6 is 0 Å². The molecule has 0 aliphatic carbocycles. The second-order valence-electron chi connectivity index (χ2n) is 5.66. The molecule has 1 atom stereocenters. The van der Waals surface area contributed by atoms with Crippen molar-refractivity contribution in [2.75, 3.05) is 7.11 Å². The van der Waals surface area contributed by atoms with Crippen LogP contribution < -0.4 is 4.74 Å². The zero-order valence-corrected chi connectivity index (χ0v) is 13.5. The van der Waals surface area contributed by atoms with E-state index in [1.54, 1.807) is 7.11 Å². The molecule has 0 aromatic carbocycles. The van der Waals surface area contributed by atoms with Crippen LogP contribution in [-0.2, 0) is 0 Å². The lowest BCUT2D eigenvalue weighted by Gasteiger charge is -2.16. The van der Waals surface area contributed by atoms with Crippen molar-refractivity contribution in [3.8, 4) is 5.75 Å². The summed E-state index contributed by atoms with van der Waals surface area (Å²) in [5.41, 5.74) is 1.22. The molecule has 0 saturated carbocycles. The van der Waals surface area contributed by atoms with Crippen LogP contribution in [0.2, 0.25) is 0 Å². The molecule has 1 unspecified atom stereocenters. The second kappa shape index (κ2) is 10.7. The minimum Gasteiger partial charge on any atom is -0.497 e. The number of nitrogens with zero attached hydrogens (tertiary/aromatic N) is 1. The Bertz CT molecular complexity index is 351. The molecule has 1 heterocycles. The Morgan fingerprint density at radius 1 is 1.00 bits per heavy atom. The van der Waals surface area contributed by atoms with E-state index in [1.807, 2.05) is 12.3 Å². The summed E-state index contributed by atoms with van der Waals surface area (Å²) < 4.78 is 5.33. The van der Waals surface area contributed by atoms with Crippen molar-refractivity contribution in [1.29, 1.82) is 0 Å². The van der Waals surface area contributed by atoms with Crippen LogP contribution in [0, 0.1) is 0 Å². The molecule has 114 valence electrons. The molecule has 1 aromatic heterocycles. The molecule has 0 spiro atoms. The fourth-order valence-corrected chi connectivity index (χ4v) is 2.66. The minimum absolute atomic E-state index is 0.603. The van der Waals surface area contributed by atoms with Gasteiger partial charge in [0, 0.05) is 23.9 Å². The van der Waals surface area contributed by atoms with E-state index in [-0.39, 0.29) is 0 Å². The van der Waals surface area contributed by atoms with Gasteiger partial charge in [0.1, 0.15) is 5.75 Å². The maximum absolute atomic E-state index is 5.33. The third-order valence-electron chi connectivity index (χ3n) is 3.97. The van der Waals surface area contributed by atoms with Gasteiger partial charge in [0.25, 0.3) is 0 Å². The lowest BCUT2D eigenvalue weighted by molar-refractivity contribution is 0.411. The Kier molecular flexibility index (Phi) is 9.10. The highest BCUT2D eigenvalue weighted by molar-refractivity contribution is 5.24. The van der Waals surface area contributed by atoms with Crippen LogP contribution in [0.15, 0.2) is 18.3 Å². The third kappa shape index (κ3) is 6.40. The number of aromatic nitrogens is 1. The summed E-state index contributed by atoms with van der Waals surface area (Å²) >= 11 is 0. The van der Waals surface area contributed by atoms with Gasteiger partial charge in [0.05, 0.1) is 7.11 Å². The highest BCUT2D eigenvalue weighted by atomic mass is 16.5. The third-order valence-corrected chi connectivity index (χ3v) is 3.97. The van der Waals surface area contributed by atoms with Gasteiger partial charge >= 0.3 is 0 Å². The summed E-state index contributed by atoms with van der Waals surface area (Å²) in [4.78, 5) is 4.58. The van der Waals surface area contributed by atoms with Crippen LogP contribution in [0.5, 0.6) is 5.75 Å². The predicted molar refractivity (Wildman–Crippen MR) is 86.4 cm³/mol. The van der Waals surface area contributed by atoms with Crippen molar-refractivity contribution in [2.45, 2.75) is 77.6 Å². The van der Waals surface area contributed by atoms with E-state index in [2.05, 4.69) is 24.9 Å². The molecule has 0 N–H and O–H groups in total. The van der Waals surface area contributed by atoms with Crippen LogP contribution in [0.1, 0.15) is 83.2 Å². The van der Waals surface area contributed by atoms with Crippen molar-refractivity contribution in [2.24, 2.45) is 0 Å². The molecule has 0 amide bonds. The molecule has 0 fully saturated rings. The van der Waals surface area contributed by atoms with E-state index in [0.29, 0.717) is 5.92 Å². The Morgan fingerprint density at radius 2 is 1.70 bits per heavy atom. The number of hydrogen-bond donors (Lipinski definition) is 0. The fourth-order valence-electron chi connectivity index (χ4n) is 2.66. The highest BCUT2D eigenvalue weighted by Crippen LogP contribution is 2.28. The first-order valence-corrected chi connectivity index (χ1v) is 8.31. The van der Waals surface area contributed by atoms with E-state index in [9.17, 15) is 0 Å². The van der Waals surface area contributed by atoms with Gasteiger partial charge in [-0.2, -0.15) is 0 Å². The molecule has 0 bridgehead atoms. The smallest absolute Gasteiger partial charge is 0.122 e. The van der Waals surface area contributed by atoms with E-state index in [1.165, 1.54) is 63.5 Å². The monoisotopic (exact) mass is 277 g/mol. The van der Waals surface area contributed by atoms with Crippen molar-refractivity contribution < 1.29 is 4.74 Å². The minimum atomic E-state index is 0.603. The van der Waals surface area contributed by atoms with Gasteiger partial charge in [-0.25, -0.2) is 0 Å². The first-order chi connectivity index (χ1) is 9.81. The number of hydrogen-bond acceptors (Lipinski definition) is 2. The van der Waals surface area contributed by atoms with E-state index in [4.69, 9.17) is 4.74 Å². The molecule has 0 saturated heterocycles. The van der Waals surface area contributed by atoms with Crippen LogP contribution in [0.4, 0.5) is 0 Å². The zero-order chi connectivity index (χ0) is 14.6. The Labute approximate surface area is 125 Å². The topological polar surface area (TPSA) is 22.1 Å². The SMILES string of the molecule is CCCCCCCC(CCCC)c1cc(OC)ccn1. The van der Waals surface area contributed by atoms with Gasteiger partial charge in [0.2, 0.25) is 0 Å². The quantitative estimate of drug-likeness (QED) is 0.482. The molecule has 0 aliphatic heterocycles. The lowest BCUT2D eigenvalue weighted by Crippen LogP contribution is -2.02. The van der Waals surface area contributed by atoms with Gasteiger partial charge in [-0.15, -0.1) is 0 Å². The molecule has 0 aliphatic rings. The average Bonchev–Trinajstić information content (AvgIpc) is 2.50. The zero-order valence-electron chi connectivity index (χ0n) is 13.5. The van der Waals surface area contributed by atoms with Gasteiger partial charge in [-0.05, 0) is 18.9 Å². The van der Waals surface area contributed by atoms with Gasteiger partial charge in [0.15, 0.2) is 0 Å². The molecule has 0 radical (unpaired) electrons. The summed E-state index contributed by atoms with van der Waals surface area (Å²) in [7, 11) is 1.73. The van der Waals surface area contributed by atoms with E-state index >= 15 is 0 Å². The summed E-state index contributed by atoms with van der Waals surface area (Å²) in [6.45, 7) is 4.53. The van der Waals surface area contributed by atoms with Gasteiger partial charge < -0.3 is 4.74 Å². The van der Waals surface area contributed by atoms with Crippen LogP contribution in [0.25, 0.3) is 0 Å². The molecule has 1 aromatic rings. The molecule has 20 heavy (non-hydrogen) atoms. The molecule has 2 nitrogen and oxygen atoms in total. The van der Waals surface area contributed by atoms with Crippen LogP contribution in [-0.4, -0.2) is 12.1 Å². The summed E-state index contributed by atoms with van der Waals surface area (Å²) in [6, 6.07) is 4.05. The number of unbranched alkanes of at least 4 members (excludes halogenated alkanes) is 5. The van der Waals surface area contributed by atoms with Crippen molar-refractivity contribution in [3.05, 3.63) is 24.0 Å². The standard InChI is InChI=1S/C18H31NO/c1-4-6-8-9-10-12-16(11-7-5-2)18-15-17(20-3)13-14-19-18/h13-16H,4-12H2,1-3H3. The first kappa shape index (κ1) is 17.0. The van der Waals surface area contributed by atoms with Gasteiger partial charge in [-0.1, -0.05) is 58.8 Å². The Balaban J connectivity index is 2.53. The number of pyridine rings is 1. The normalized spacial score (nSPS) is 12.3. The highest BCUT2D eigenvalue weighted by Gasteiger charge is 2.13. The van der Waals surface area contributed by atoms with Crippen molar-refractivity contribution in [1.82, 2.24) is 4.98 Å². The van der Waals surface area contributed by atoms with Gasteiger partial charge in [-0.3, -0.25) is 4.98 Å². The van der Waals surface area contributed by atoms with E-state index < -0.39 is 0 Å². The molecular weight excluding hydrogens is 246 g/mol. The first-order valence-electron chi connectivity index (χ1n) is 8.31.